The number of hydrogen-bond acceptors (Lipinski definition) is 3. The van der Waals surface area contributed by atoms with E-state index < -0.39 is 31.3 Å². The van der Waals surface area contributed by atoms with E-state index in [2.05, 4.69) is 217 Å². The third kappa shape index (κ3) is 9.54. The minimum atomic E-state index is -6.09. The van der Waals surface area contributed by atoms with Crippen molar-refractivity contribution in [2.24, 2.45) is 0 Å². The van der Waals surface area contributed by atoms with Crippen molar-refractivity contribution >= 4 is 25.7 Å². The third-order valence-corrected chi connectivity index (χ3v) is 16.7. The summed E-state index contributed by atoms with van der Waals surface area (Å²) in [5.74, 6) is 0. The second-order valence-electron chi connectivity index (χ2n) is 15.7. The van der Waals surface area contributed by atoms with Gasteiger partial charge in [0, 0.05) is 11.1 Å². The molecule has 0 saturated carbocycles. The molecule has 0 unspecified atom stereocenters. The van der Waals surface area contributed by atoms with Crippen LogP contribution < -0.4 is 4.33 Å². The highest BCUT2D eigenvalue weighted by molar-refractivity contribution is 7.86. The van der Waals surface area contributed by atoms with E-state index in [9.17, 15) is 13.2 Å². The van der Waals surface area contributed by atoms with E-state index in [0.717, 1.165) is 0 Å². The highest BCUT2D eigenvalue weighted by Gasteiger charge is 2.38. The summed E-state index contributed by atoms with van der Waals surface area (Å²) in [7, 11) is -8.16. The Kier molecular flexibility index (Phi) is 13.6. The van der Waals surface area contributed by atoms with Crippen molar-refractivity contribution in [1.29, 1.82) is 0 Å². The predicted octanol–water partition coefficient (Wildman–Crippen LogP) is 13.9. The van der Waals surface area contributed by atoms with Crippen LogP contribution in [0.25, 0.3) is 45.0 Å². The summed E-state index contributed by atoms with van der Waals surface area (Å²) in [6.45, 7) is 15.6. The summed E-state index contributed by atoms with van der Waals surface area (Å²) in [5.41, 5.74) is 13.5. The van der Waals surface area contributed by atoms with Crippen molar-refractivity contribution < 1.29 is 30.5 Å². The summed E-state index contributed by atoms with van der Waals surface area (Å²) in [6.07, 6.45) is 2.44. The SMILES string of the molecule is Cc1cc(C)c(-n2c[n+](-c3c(C)cc(C)cc3C)p3n(-c4ccccc4-c4ccccc4)p2n3-c2ccccc2-c2ccccc2)c(C)c1.Cc1ccccc1.O=S(=O)([O-])C(F)(F)F. The Labute approximate surface area is 375 Å². The Bertz CT molecular complexity index is 2960. The maximum atomic E-state index is 10.7. The minimum absolute atomic E-state index is 1.03. The van der Waals surface area contributed by atoms with Crippen molar-refractivity contribution in [1.82, 2.24) is 12.5 Å². The van der Waals surface area contributed by atoms with E-state index in [-0.39, 0.29) is 0 Å². The van der Waals surface area contributed by atoms with Gasteiger partial charge in [-0.1, -0.05) is 168 Å². The van der Waals surface area contributed by atoms with Crippen LogP contribution in [0.4, 0.5) is 13.2 Å². The van der Waals surface area contributed by atoms with E-state index >= 15 is 0 Å². The van der Waals surface area contributed by atoms with Crippen molar-refractivity contribution in [3.63, 3.8) is 0 Å². The number of para-hydroxylation sites is 2. The van der Waals surface area contributed by atoms with Gasteiger partial charge in [0.1, 0.15) is 22.7 Å². The molecular formula is C51H49F3N4O3P2S. The fourth-order valence-corrected chi connectivity index (χ4v) is 14.7. The monoisotopic (exact) mass is 916 g/mol. The zero-order valence-electron chi connectivity index (χ0n) is 36.6. The van der Waals surface area contributed by atoms with Crippen LogP contribution in [0.1, 0.15) is 38.9 Å². The summed E-state index contributed by atoms with van der Waals surface area (Å²) < 4.78 is 69.6. The fourth-order valence-electron chi connectivity index (χ4n) is 8.13. The Morgan fingerprint density at radius 2 is 0.875 bits per heavy atom. The lowest BCUT2D eigenvalue weighted by atomic mass is 10.0. The first kappa shape index (κ1) is 45.9. The summed E-state index contributed by atoms with van der Waals surface area (Å²) in [5, 5.41) is 0. The van der Waals surface area contributed by atoms with Crippen LogP contribution >= 0.6 is 15.6 Å². The lowest BCUT2D eigenvalue weighted by Crippen LogP contribution is -2.38. The summed E-state index contributed by atoms with van der Waals surface area (Å²) >= 11 is 0. The average Bonchev–Trinajstić information content (AvgIpc) is 3.24. The van der Waals surface area contributed by atoms with Gasteiger partial charge < -0.3 is 4.55 Å². The lowest BCUT2D eigenvalue weighted by Gasteiger charge is -2.28. The Morgan fingerprint density at radius 1 is 0.516 bits per heavy atom. The maximum Gasteiger partial charge on any atom is 0.485 e. The highest BCUT2D eigenvalue weighted by atomic mass is 32.2. The van der Waals surface area contributed by atoms with Crippen LogP contribution in [-0.4, -0.2) is 31.0 Å². The molecular weight excluding hydrogens is 868 g/mol. The molecule has 3 aromatic heterocycles. The van der Waals surface area contributed by atoms with Crippen LogP contribution in [0.15, 0.2) is 170 Å². The summed E-state index contributed by atoms with van der Waals surface area (Å²) in [4.78, 5) is 0. The van der Waals surface area contributed by atoms with Crippen LogP contribution in [0.3, 0.4) is 0 Å². The van der Waals surface area contributed by atoms with Gasteiger partial charge in [-0.3, -0.25) is 0 Å². The quantitative estimate of drug-likeness (QED) is 0.123. The topological polar surface area (TPSA) is 75.9 Å². The van der Waals surface area contributed by atoms with Crippen molar-refractivity contribution in [3.05, 3.63) is 209 Å². The van der Waals surface area contributed by atoms with Gasteiger partial charge in [0.05, 0.1) is 0 Å². The molecule has 0 aliphatic heterocycles. The zero-order chi connectivity index (χ0) is 45.9. The molecule has 0 saturated heterocycles. The number of aryl methyl sites for hydroxylation is 7. The Morgan fingerprint density at radius 3 is 1.25 bits per heavy atom. The van der Waals surface area contributed by atoms with Crippen molar-refractivity contribution in [2.75, 3.05) is 0 Å². The van der Waals surface area contributed by atoms with Crippen LogP contribution in [0.5, 0.6) is 0 Å². The molecule has 7 nitrogen and oxygen atoms in total. The Hall–Kier alpha value is -6.09. The number of fused-ring (bicyclic) bond motifs is 2. The predicted molar refractivity (Wildman–Crippen MR) is 255 cm³/mol. The number of nitrogens with zero attached hydrogens (tertiary/aromatic N) is 4. The zero-order valence-corrected chi connectivity index (χ0v) is 39.2. The third-order valence-electron chi connectivity index (χ3n) is 10.6. The second kappa shape index (κ2) is 18.9. The molecule has 2 bridgehead atoms. The first-order valence-electron chi connectivity index (χ1n) is 20.6. The van der Waals surface area contributed by atoms with Crippen molar-refractivity contribution in [2.45, 2.75) is 54.0 Å². The van der Waals surface area contributed by atoms with E-state index in [0.29, 0.717) is 0 Å². The molecule has 10 rings (SSSR count). The molecule has 0 fully saturated rings. The molecule has 328 valence electrons. The van der Waals surface area contributed by atoms with E-state index in [1.807, 2.05) is 18.2 Å². The molecule has 7 aromatic carbocycles. The van der Waals surface area contributed by atoms with Crippen LogP contribution in [0, 0.1) is 48.5 Å². The van der Waals surface area contributed by atoms with E-state index in [4.69, 9.17) is 13.0 Å². The van der Waals surface area contributed by atoms with Gasteiger partial charge in [-0.15, -0.1) is 0 Å². The largest absolute Gasteiger partial charge is 0.741 e. The fraction of sp³-hybridized carbons (Fsp3) is 0.157. The molecule has 10 aromatic rings. The van der Waals surface area contributed by atoms with Gasteiger partial charge in [0.15, 0.2) is 16.4 Å². The van der Waals surface area contributed by atoms with Gasteiger partial charge in [-0.05, 0) is 94.0 Å². The smallest absolute Gasteiger partial charge is 0.485 e. The number of benzene rings is 7. The van der Waals surface area contributed by atoms with Gasteiger partial charge in [-0.25, -0.2) is 8.42 Å². The molecule has 0 spiro atoms. The normalized spacial score (nSPS) is 12.0. The lowest BCUT2D eigenvalue weighted by molar-refractivity contribution is -0.530. The molecule has 0 amide bonds. The molecule has 0 radical (unpaired) electrons. The van der Waals surface area contributed by atoms with Gasteiger partial charge >= 0.3 is 21.1 Å². The number of rotatable bonds is 6. The van der Waals surface area contributed by atoms with Crippen LogP contribution in [0.2, 0.25) is 0 Å². The van der Waals surface area contributed by atoms with E-state index in [1.54, 1.807) is 0 Å². The number of aromatic nitrogens is 4. The average molecular weight is 917 g/mol. The van der Waals surface area contributed by atoms with Crippen molar-refractivity contribution in [3.8, 4) is 45.0 Å². The highest BCUT2D eigenvalue weighted by Crippen LogP contribution is 2.52. The number of alkyl halides is 3. The second-order valence-corrected chi connectivity index (χ2v) is 21.3. The number of halogens is 3. The standard InChI is InChI=1S/C43H41N4P2.C7H8.CHF3O3S/c1-30-25-32(3)42(33(4)26-30)44-29-45(43-34(5)27-31(2)28-35(43)6)49-46(40-23-15-13-21-38(40)36-17-9-7-10-18-36)48(44)47(49)41-24-16-14-22-39(41)37-19-11-8-12-20-37;1-7-5-3-2-4-6-7;2-1(3,4)8(5,6)7/h7-29H,1-6H3;2-6H,1H3;(H,5,6,7)/q+1;;/p-1. The first-order valence-corrected chi connectivity index (χ1v) is 24.4. The molecule has 3 heterocycles. The molecule has 64 heavy (non-hydrogen) atoms. The Balaban J connectivity index is 0.000000348. The maximum absolute atomic E-state index is 10.7. The van der Waals surface area contributed by atoms with Crippen LogP contribution in [-0.2, 0) is 10.1 Å². The molecule has 0 aliphatic rings. The molecule has 13 heteroatoms. The van der Waals surface area contributed by atoms with E-state index in [1.165, 1.54) is 83.9 Å². The number of hydrogen-bond donors (Lipinski definition) is 0. The minimum Gasteiger partial charge on any atom is -0.741 e. The molecule has 0 aliphatic carbocycles. The van der Waals surface area contributed by atoms with Gasteiger partial charge in [0.2, 0.25) is 0 Å². The molecule has 0 N–H and O–H groups in total. The summed E-state index contributed by atoms with van der Waals surface area (Å²) in [6, 6.07) is 59.3. The van der Waals surface area contributed by atoms with Gasteiger partial charge in [-0.2, -0.15) is 30.0 Å². The first-order chi connectivity index (χ1) is 30.5. The van der Waals surface area contributed by atoms with Gasteiger partial charge in [0.25, 0.3) is 0 Å². The molecule has 0 atom stereocenters.